The van der Waals surface area contributed by atoms with Crippen molar-refractivity contribution in [2.24, 2.45) is 35.1 Å². The van der Waals surface area contributed by atoms with Gasteiger partial charge in [0.05, 0.1) is 49.9 Å². The monoisotopic (exact) mass is 760 g/mol. The number of carbonyl (C=O) groups is 2. The third kappa shape index (κ3) is 11.5. The summed E-state index contributed by atoms with van der Waals surface area (Å²) in [5.41, 5.74) is 12.8. The Morgan fingerprint density at radius 3 is 1.50 bits per heavy atom. The number of nitrogens with zero attached hydrogens (tertiary/aromatic N) is 6. The van der Waals surface area contributed by atoms with E-state index in [1.54, 1.807) is 0 Å². The van der Waals surface area contributed by atoms with Crippen LogP contribution in [0.1, 0.15) is 103 Å². The average molecular weight is 761 g/mol. The van der Waals surface area contributed by atoms with E-state index in [9.17, 15) is 9.59 Å². The Morgan fingerprint density at radius 2 is 1.13 bits per heavy atom. The molecule has 16 heteroatoms. The van der Waals surface area contributed by atoms with E-state index >= 15 is 0 Å². The summed E-state index contributed by atoms with van der Waals surface area (Å²) >= 11 is 0. The second kappa shape index (κ2) is 21.3. The van der Waals surface area contributed by atoms with Gasteiger partial charge in [-0.1, -0.05) is 63.8 Å². The topological polar surface area (TPSA) is 203 Å². The quantitative estimate of drug-likeness (QED) is 0.334. The van der Waals surface area contributed by atoms with Gasteiger partial charge in [0.25, 0.3) is 0 Å². The number of esters is 2. The summed E-state index contributed by atoms with van der Waals surface area (Å²) in [7, 11) is 0. The molecular formula is C38H64N8O8. The molecule has 6 saturated heterocycles. The molecule has 0 radical (unpaired) electrons. The zero-order valence-corrected chi connectivity index (χ0v) is 32.8. The van der Waals surface area contributed by atoms with Crippen LogP contribution in [0.2, 0.25) is 0 Å². The molecule has 6 aliphatic heterocycles. The van der Waals surface area contributed by atoms with Gasteiger partial charge >= 0.3 is 11.9 Å². The number of hydrogen-bond donors (Lipinski definition) is 2. The average Bonchev–Trinajstić information content (AvgIpc) is 3.81. The van der Waals surface area contributed by atoms with E-state index < -0.39 is 0 Å². The van der Waals surface area contributed by atoms with Gasteiger partial charge in [-0.2, -0.15) is 0 Å². The standard InChI is InChI=1S/2C19H32N4O4/c2*1-3-18(24)27-19-13(2)15-7-5-4-6-8-25-12-17(19)26-16(15)11-23-10-14(9-20)21-22-23/h2*10,13,15-17,19H,3-9,11-12,20H2,1-2H3. The van der Waals surface area contributed by atoms with Crippen molar-refractivity contribution in [2.45, 2.75) is 155 Å². The first-order valence-electron chi connectivity index (χ1n) is 20.3. The maximum atomic E-state index is 12.0. The van der Waals surface area contributed by atoms with Crippen LogP contribution in [0.5, 0.6) is 0 Å². The molecule has 6 fully saturated rings. The molecule has 0 saturated carbocycles. The number of nitrogens with two attached hydrogens (primary N) is 2. The van der Waals surface area contributed by atoms with Crippen LogP contribution >= 0.6 is 0 Å². The zero-order chi connectivity index (χ0) is 38.5. The molecule has 8 heterocycles. The molecule has 54 heavy (non-hydrogen) atoms. The summed E-state index contributed by atoms with van der Waals surface area (Å²) in [5.74, 6) is 0.610. The first-order chi connectivity index (χ1) is 26.2. The predicted molar refractivity (Wildman–Crippen MR) is 197 cm³/mol. The Morgan fingerprint density at radius 1 is 0.704 bits per heavy atom. The Labute approximate surface area is 319 Å². The van der Waals surface area contributed by atoms with Crippen molar-refractivity contribution in [3.8, 4) is 0 Å². The van der Waals surface area contributed by atoms with Crippen LogP contribution in [-0.2, 0) is 64.2 Å². The molecule has 4 N–H and O–H groups in total. The molecule has 10 unspecified atom stereocenters. The Balaban J connectivity index is 0.000000208. The summed E-state index contributed by atoms with van der Waals surface area (Å²) in [4.78, 5) is 24.0. The van der Waals surface area contributed by atoms with Gasteiger partial charge in [0.2, 0.25) is 0 Å². The molecule has 0 aromatic carbocycles. The minimum absolute atomic E-state index is 0.0180. The third-order valence-corrected chi connectivity index (χ3v) is 11.4. The summed E-state index contributed by atoms with van der Waals surface area (Å²) < 4.78 is 39.7. The number of rotatable bonds is 10. The first kappa shape index (κ1) is 42.1. The number of ether oxygens (including phenoxy) is 6. The van der Waals surface area contributed by atoms with Crippen molar-refractivity contribution in [3.05, 3.63) is 23.8 Å². The number of carbonyl (C=O) groups excluding carboxylic acids is 2. The second-order valence-corrected chi connectivity index (χ2v) is 15.2. The Kier molecular flexibility index (Phi) is 16.6. The highest BCUT2D eigenvalue weighted by Crippen LogP contribution is 2.39. The van der Waals surface area contributed by atoms with Gasteiger partial charge in [-0.05, 0) is 37.5 Å². The van der Waals surface area contributed by atoms with Crippen molar-refractivity contribution >= 4 is 11.9 Å². The van der Waals surface area contributed by atoms with Crippen LogP contribution in [0.25, 0.3) is 0 Å². The van der Waals surface area contributed by atoms with Gasteiger partial charge in [0.1, 0.15) is 24.4 Å². The van der Waals surface area contributed by atoms with E-state index in [1.807, 2.05) is 35.6 Å². The fraction of sp³-hybridized carbons (Fsp3) is 0.842. The highest BCUT2D eigenvalue weighted by atomic mass is 16.6. The van der Waals surface area contributed by atoms with E-state index in [0.717, 1.165) is 76.0 Å². The lowest BCUT2D eigenvalue weighted by molar-refractivity contribution is -0.211. The van der Waals surface area contributed by atoms with E-state index in [-0.39, 0.29) is 60.4 Å². The Hall–Kier alpha value is -3.02. The van der Waals surface area contributed by atoms with Gasteiger partial charge in [0.15, 0.2) is 0 Å². The van der Waals surface area contributed by atoms with Gasteiger partial charge in [-0.25, -0.2) is 9.36 Å². The fourth-order valence-corrected chi connectivity index (χ4v) is 8.34. The Bertz CT molecular complexity index is 1320. The van der Waals surface area contributed by atoms with Crippen LogP contribution < -0.4 is 11.5 Å². The van der Waals surface area contributed by atoms with E-state index in [1.165, 1.54) is 0 Å². The van der Waals surface area contributed by atoms with Crippen LogP contribution in [0.4, 0.5) is 0 Å². The van der Waals surface area contributed by atoms with Crippen LogP contribution in [0.15, 0.2) is 12.4 Å². The first-order valence-corrected chi connectivity index (χ1v) is 20.3. The number of hydrogen-bond acceptors (Lipinski definition) is 14. The second-order valence-electron chi connectivity index (χ2n) is 15.2. The van der Waals surface area contributed by atoms with Crippen molar-refractivity contribution in [3.63, 3.8) is 0 Å². The SMILES string of the molecule is CCC(=O)OC1C2COCCCCCC(C(Cn3cc(CN)nn3)O2)C1C.CCC(=O)OC1C2COCCCCCC(C(Cn3cc(CN)nn3)O2)C1C. The van der Waals surface area contributed by atoms with E-state index in [0.29, 0.717) is 64.1 Å². The number of fused-ring (bicyclic) bond motifs is 16. The lowest BCUT2D eigenvalue weighted by Crippen LogP contribution is -2.54. The smallest absolute Gasteiger partial charge is 0.305 e. The highest BCUT2D eigenvalue weighted by molar-refractivity contribution is 5.69. The summed E-state index contributed by atoms with van der Waals surface area (Å²) in [6.07, 6.45) is 12.1. The maximum absolute atomic E-state index is 12.0. The molecule has 2 aromatic rings. The lowest BCUT2D eigenvalue weighted by atomic mass is 9.77. The predicted octanol–water partition coefficient (Wildman–Crippen LogP) is 3.34. The van der Waals surface area contributed by atoms with Crippen molar-refractivity contribution in [2.75, 3.05) is 26.4 Å². The van der Waals surface area contributed by atoms with Gasteiger partial charge < -0.3 is 39.9 Å². The fourth-order valence-electron chi connectivity index (χ4n) is 8.34. The third-order valence-electron chi connectivity index (χ3n) is 11.4. The summed E-state index contributed by atoms with van der Waals surface area (Å²) in [6.45, 7) is 12.3. The van der Waals surface area contributed by atoms with Crippen LogP contribution in [0.3, 0.4) is 0 Å². The molecule has 6 aliphatic rings. The lowest BCUT2D eigenvalue weighted by Gasteiger charge is -2.45. The molecule has 10 atom stereocenters. The van der Waals surface area contributed by atoms with Crippen molar-refractivity contribution in [1.82, 2.24) is 30.0 Å². The van der Waals surface area contributed by atoms with Gasteiger partial charge in [-0.3, -0.25) is 9.59 Å². The van der Waals surface area contributed by atoms with Crippen LogP contribution in [0, 0.1) is 23.7 Å². The molecule has 4 bridgehead atoms. The normalized spacial score (nSPS) is 32.0. The highest BCUT2D eigenvalue weighted by Gasteiger charge is 2.47. The van der Waals surface area contributed by atoms with Crippen molar-refractivity contribution < 1.29 is 38.0 Å². The molecule has 0 aliphatic carbocycles. The van der Waals surface area contributed by atoms with Crippen LogP contribution in [-0.4, -0.2) is 105 Å². The zero-order valence-electron chi connectivity index (χ0n) is 32.8. The molecule has 2 aromatic heterocycles. The molecule has 304 valence electrons. The molecule has 0 amide bonds. The molecule has 0 spiro atoms. The molecule has 16 nitrogen and oxygen atoms in total. The largest absolute Gasteiger partial charge is 0.459 e. The number of aromatic nitrogens is 6. The summed E-state index contributed by atoms with van der Waals surface area (Å²) in [5, 5.41) is 16.5. The van der Waals surface area contributed by atoms with E-state index in [4.69, 9.17) is 39.9 Å². The van der Waals surface area contributed by atoms with E-state index in [2.05, 4.69) is 34.5 Å². The molecular weight excluding hydrogens is 696 g/mol. The molecule has 8 rings (SSSR count). The maximum Gasteiger partial charge on any atom is 0.305 e. The van der Waals surface area contributed by atoms with Gasteiger partial charge in [-0.15, -0.1) is 10.2 Å². The minimum atomic E-state index is -0.271. The minimum Gasteiger partial charge on any atom is -0.459 e. The van der Waals surface area contributed by atoms with Crippen molar-refractivity contribution in [1.29, 1.82) is 0 Å². The summed E-state index contributed by atoms with van der Waals surface area (Å²) in [6, 6.07) is 0. The van der Waals surface area contributed by atoms with Gasteiger partial charge in [0, 0.05) is 63.4 Å².